The van der Waals surface area contributed by atoms with E-state index in [1.54, 1.807) is 24.3 Å². The van der Waals surface area contributed by atoms with Crippen LogP contribution in [0.3, 0.4) is 0 Å². The van der Waals surface area contributed by atoms with Crippen molar-refractivity contribution in [3.63, 3.8) is 0 Å². The van der Waals surface area contributed by atoms with Crippen molar-refractivity contribution < 1.29 is 14.3 Å². The summed E-state index contributed by atoms with van der Waals surface area (Å²) < 4.78 is 5.37. The van der Waals surface area contributed by atoms with Crippen molar-refractivity contribution in [1.82, 2.24) is 10.2 Å². The first-order chi connectivity index (χ1) is 12.1. The molecule has 0 radical (unpaired) electrons. The summed E-state index contributed by atoms with van der Waals surface area (Å²) in [6.07, 6.45) is -0.694. The number of hydrogen-bond acceptors (Lipinski definition) is 4. The predicted octanol–water partition coefficient (Wildman–Crippen LogP) is 2.27. The number of carbonyl (C=O) groups excluding carboxylic acids is 2. The minimum Gasteiger partial charge on any atom is -0.379 e. The Bertz CT molecular complexity index is 722. The van der Waals surface area contributed by atoms with Crippen LogP contribution >= 0.6 is 0 Å². The van der Waals surface area contributed by atoms with Crippen molar-refractivity contribution in [2.75, 3.05) is 26.3 Å². The molecule has 1 saturated heterocycles. The molecule has 0 unspecified atom stereocenters. The molecule has 1 N–H and O–H groups in total. The number of ether oxygens (including phenoxy) is 1. The highest BCUT2D eigenvalue weighted by atomic mass is 16.5. The molecule has 130 valence electrons. The molecule has 1 aliphatic rings. The second-order valence-electron chi connectivity index (χ2n) is 6.12. The highest BCUT2D eigenvalue weighted by molar-refractivity contribution is 6.04. The number of hydrogen-bond donors (Lipinski definition) is 1. The molecule has 1 amide bonds. The van der Waals surface area contributed by atoms with Crippen molar-refractivity contribution in [1.29, 1.82) is 0 Å². The highest BCUT2D eigenvalue weighted by Crippen LogP contribution is 2.11. The van der Waals surface area contributed by atoms with Crippen LogP contribution in [0.2, 0.25) is 0 Å². The Morgan fingerprint density at radius 1 is 0.960 bits per heavy atom. The second-order valence-corrected chi connectivity index (χ2v) is 6.12. The zero-order chi connectivity index (χ0) is 17.6. The van der Waals surface area contributed by atoms with Gasteiger partial charge in [-0.3, -0.25) is 14.5 Å². The Morgan fingerprint density at radius 3 is 2.24 bits per heavy atom. The van der Waals surface area contributed by atoms with E-state index in [2.05, 4.69) is 5.32 Å². The lowest BCUT2D eigenvalue weighted by molar-refractivity contribution is 0.0111. The Hall–Kier alpha value is -2.50. The third-order valence-corrected chi connectivity index (χ3v) is 4.30. The van der Waals surface area contributed by atoms with Gasteiger partial charge in [0.25, 0.3) is 5.91 Å². The number of rotatable bonds is 5. The zero-order valence-corrected chi connectivity index (χ0v) is 14.3. The van der Waals surface area contributed by atoms with Gasteiger partial charge in [0.15, 0.2) is 5.78 Å². The Kier molecular flexibility index (Phi) is 5.58. The molecule has 1 aliphatic heterocycles. The third kappa shape index (κ3) is 4.32. The van der Waals surface area contributed by atoms with Gasteiger partial charge < -0.3 is 10.1 Å². The zero-order valence-electron chi connectivity index (χ0n) is 14.3. The summed E-state index contributed by atoms with van der Waals surface area (Å²) in [6.45, 7) is 4.30. The van der Waals surface area contributed by atoms with E-state index >= 15 is 0 Å². The molecule has 2 aromatic rings. The number of amides is 1. The van der Waals surface area contributed by atoms with Crippen LogP contribution in [0.4, 0.5) is 0 Å². The summed E-state index contributed by atoms with van der Waals surface area (Å²) in [5, 5.41) is 2.90. The monoisotopic (exact) mass is 338 g/mol. The molecular formula is C20H22N2O3. The standard InChI is InChI=1S/C20H22N2O3/c1-15-7-9-17(10-8-15)20(24)21-19(22-11-13-25-14-12-22)18(23)16-5-3-2-4-6-16/h2-10,19H,11-14H2,1H3,(H,21,24)/t19-/m1/s1. The molecular weight excluding hydrogens is 316 g/mol. The van der Waals surface area contributed by atoms with E-state index < -0.39 is 6.17 Å². The van der Waals surface area contributed by atoms with Gasteiger partial charge in [0, 0.05) is 24.2 Å². The smallest absolute Gasteiger partial charge is 0.252 e. The summed E-state index contributed by atoms with van der Waals surface area (Å²) in [4.78, 5) is 27.6. The lowest BCUT2D eigenvalue weighted by Crippen LogP contribution is -2.56. The SMILES string of the molecule is Cc1ccc(C(=O)N[C@@H](C(=O)c2ccccc2)N2CCOCC2)cc1. The first kappa shape index (κ1) is 17.3. The molecule has 0 aromatic heterocycles. The number of carbonyl (C=O) groups is 2. The molecule has 3 rings (SSSR count). The van der Waals surface area contributed by atoms with Crippen molar-refractivity contribution in [3.05, 3.63) is 71.3 Å². The Labute approximate surface area is 147 Å². The lowest BCUT2D eigenvalue weighted by atomic mass is 10.1. The molecule has 1 heterocycles. The van der Waals surface area contributed by atoms with Gasteiger partial charge in [0.1, 0.15) is 6.17 Å². The average molecular weight is 338 g/mol. The third-order valence-electron chi connectivity index (χ3n) is 4.30. The fourth-order valence-electron chi connectivity index (χ4n) is 2.83. The number of benzene rings is 2. The van der Waals surface area contributed by atoms with Gasteiger partial charge in [-0.1, -0.05) is 48.0 Å². The molecule has 0 saturated carbocycles. The van der Waals surface area contributed by atoms with E-state index in [-0.39, 0.29) is 11.7 Å². The number of nitrogens with one attached hydrogen (secondary N) is 1. The van der Waals surface area contributed by atoms with E-state index in [1.807, 2.05) is 42.2 Å². The molecule has 0 aliphatic carbocycles. The van der Waals surface area contributed by atoms with Gasteiger partial charge >= 0.3 is 0 Å². The summed E-state index contributed by atoms with van der Waals surface area (Å²) in [5.74, 6) is -0.358. The van der Waals surface area contributed by atoms with Crippen LogP contribution in [-0.2, 0) is 4.74 Å². The molecule has 1 atom stereocenters. The van der Waals surface area contributed by atoms with Crippen molar-refractivity contribution in [2.45, 2.75) is 13.1 Å². The van der Waals surface area contributed by atoms with E-state index in [1.165, 1.54) is 0 Å². The van der Waals surface area contributed by atoms with Gasteiger partial charge in [0.05, 0.1) is 13.2 Å². The van der Waals surface area contributed by atoms with Crippen molar-refractivity contribution in [2.24, 2.45) is 0 Å². The lowest BCUT2D eigenvalue weighted by Gasteiger charge is -2.33. The molecule has 25 heavy (non-hydrogen) atoms. The maximum atomic E-state index is 13.0. The molecule has 5 nitrogen and oxygen atoms in total. The summed E-state index contributed by atoms with van der Waals surface area (Å²) >= 11 is 0. The van der Waals surface area contributed by atoms with Gasteiger partial charge in [-0.15, -0.1) is 0 Å². The van der Waals surface area contributed by atoms with Crippen molar-refractivity contribution >= 4 is 11.7 Å². The number of ketones is 1. The quantitative estimate of drug-likeness (QED) is 0.850. The number of nitrogens with zero attached hydrogens (tertiary/aromatic N) is 1. The van der Waals surface area contributed by atoms with E-state index in [0.29, 0.717) is 37.4 Å². The number of morpholine rings is 1. The van der Waals surface area contributed by atoms with E-state index in [9.17, 15) is 9.59 Å². The first-order valence-corrected chi connectivity index (χ1v) is 8.44. The van der Waals surface area contributed by atoms with Crippen LogP contribution in [0, 0.1) is 6.92 Å². The molecule has 5 heteroatoms. The van der Waals surface area contributed by atoms with Crippen LogP contribution in [0.5, 0.6) is 0 Å². The Morgan fingerprint density at radius 2 is 1.60 bits per heavy atom. The Balaban J connectivity index is 1.81. The largest absolute Gasteiger partial charge is 0.379 e. The van der Waals surface area contributed by atoms with E-state index in [0.717, 1.165) is 5.56 Å². The van der Waals surface area contributed by atoms with Gasteiger partial charge in [-0.2, -0.15) is 0 Å². The molecule has 0 bridgehead atoms. The summed E-state index contributed by atoms with van der Waals surface area (Å²) in [5.41, 5.74) is 2.22. The minimum atomic E-state index is -0.694. The second kappa shape index (κ2) is 8.05. The number of Topliss-reactive ketones (excluding diaryl/α,β-unsaturated/α-hetero) is 1. The van der Waals surface area contributed by atoms with Crippen LogP contribution in [0.15, 0.2) is 54.6 Å². The molecule has 2 aromatic carbocycles. The van der Waals surface area contributed by atoms with Gasteiger partial charge in [-0.05, 0) is 19.1 Å². The van der Waals surface area contributed by atoms with Crippen molar-refractivity contribution in [3.8, 4) is 0 Å². The first-order valence-electron chi connectivity index (χ1n) is 8.44. The van der Waals surface area contributed by atoms with Crippen LogP contribution in [0.25, 0.3) is 0 Å². The predicted molar refractivity (Wildman–Crippen MR) is 95.6 cm³/mol. The average Bonchev–Trinajstić information content (AvgIpc) is 2.67. The maximum Gasteiger partial charge on any atom is 0.252 e. The van der Waals surface area contributed by atoms with Gasteiger partial charge in [-0.25, -0.2) is 0 Å². The fourth-order valence-corrected chi connectivity index (χ4v) is 2.83. The van der Waals surface area contributed by atoms with Gasteiger partial charge in [0.2, 0.25) is 0 Å². The minimum absolute atomic E-state index is 0.108. The summed E-state index contributed by atoms with van der Waals surface area (Å²) in [6, 6.07) is 16.4. The van der Waals surface area contributed by atoms with Crippen LogP contribution in [-0.4, -0.2) is 49.1 Å². The summed E-state index contributed by atoms with van der Waals surface area (Å²) in [7, 11) is 0. The highest BCUT2D eigenvalue weighted by Gasteiger charge is 2.29. The van der Waals surface area contributed by atoms with E-state index in [4.69, 9.17) is 4.74 Å². The molecule has 0 spiro atoms. The normalized spacial score (nSPS) is 16.2. The fraction of sp³-hybridized carbons (Fsp3) is 0.300. The van der Waals surface area contributed by atoms with Crippen LogP contribution in [0.1, 0.15) is 26.3 Å². The maximum absolute atomic E-state index is 13.0. The molecule has 1 fully saturated rings. The van der Waals surface area contributed by atoms with Crippen LogP contribution < -0.4 is 5.32 Å². The topological polar surface area (TPSA) is 58.6 Å². The number of aryl methyl sites for hydroxylation is 1.